The number of nitrogens with zero attached hydrogens (tertiary/aromatic N) is 3. The number of hydrogen-bond donors (Lipinski definition) is 0. The summed E-state index contributed by atoms with van der Waals surface area (Å²) in [6.45, 7) is 3.46. The normalized spacial score (nSPS) is 18.5. The van der Waals surface area contributed by atoms with E-state index < -0.39 is 0 Å². The van der Waals surface area contributed by atoms with Crippen molar-refractivity contribution >= 4 is 17.5 Å². The van der Waals surface area contributed by atoms with Gasteiger partial charge in [0.05, 0.1) is 11.3 Å². The number of aromatic nitrogens is 2. The first-order valence-electron chi connectivity index (χ1n) is 7.59. The number of likely N-dealkylation sites (tertiary alicyclic amines) is 1. The summed E-state index contributed by atoms with van der Waals surface area (Å²) in [6.07, 6.45) is 3.94. The average molecular weight is 318 g/mol. The molecular weight excluding hydrogens is 298 g/mol. The Labute approximate surface area is 135 Å². The molecule has 1 unspecified atom stereocenters. The summed E-state index contributed by atoms with van der Waals surface area (Å²) in [7, 11) is 1.84. The van der Waals surface area contributed by atoms with Gasteiger partial charge in [-0.05, 0) is 37.5 Å². The first-order valence-corrected chi connectivity index (χ1v) is 7.97. The van der Waals surface area contributed by atoms with Gasteiger partial charge in [0.1, 0.15) is 0 Å². The fourth-order valence-corrected chi connectivity index (χ4v) is 3.27. The van der Waals surface area contributed by atoms with Crippen molar-refractivity contribution in [3.63, 3.8) is 0 Å². The number of rotatable bonds is 2. The molecule has 2 aromatic rings. The summed E-state index contributed by atoms with van der Waals surface area (Å²) in [5.74, 6) is 0.469. The summed E-state index contributed by atoms with van der Waals surface area (Å²) >= 11 is 5.96. The van der Waals surface area contributed by atoms with Crippen LogP contribution < -0.4 is 0 Å². The molecule has 1 amide bonds. The van der Waals surface area contributed by atoms with Crippen LogP contribution in [0.4, 0.5) is 0 Å². The Morgan fingerprint density at radius 1 is 1.32 bits per heavy atom. The molecule has 1 aliphatic heterocycles. The maximum absolute atomic E-state index is 12.7. The molecule has 0 aliphatic carbocycles. The van der Waals surface area contributed by atoms with Crippen LogP contribution >= 0.6 is 11.6 Å². The number of hydrogen-bond acceptors (Lipinski definition) is 2. The number of halogens is 1. The minimum absolute atomic E-state index is 0.0873. The Morgan fingerprint density at radius 2 is 2.05 bits per heavy atom. The van der Waals surface area contributed by atoms with Gasteiger partial charge in [0.15, 0.2) is 0 Å². The molecule has 0 bridgehead atoms. The molecular formula is C17H20ClN3O. The standard InChI is InChI=1S/C17H20ClN3O/c1-12-16(11-20(2)19-12)17(22)21-9-3-4-14(10-21)13-5-7-15(18)8-6-13/h5-8,11,14H,3-4,9-10H2,1-2H3. The van der Waals surface area contributed by atoms with Crippen molar-refractivity contribution in [3.8, 4) is 0 Å². The highest BCUT2D eigenvalue weighted by Gasteiger charge is 2.27. The molecule has 116 valence electrons. The molecule has 0 spiro atoms. The van der Waals surface area contributed by atoms with Crippen molar-refractivity contribution in [2.75, 3.05) is 13.1 Å². The topological polar surface area (TPSA) is 38.1 Å². The summed E-state index contributed by atoms with van der Waals surface area (Å²) in [5.41, 5.74) is 2.75. The van der Waals surface area contributed by atoms with E-state index >= 15 is 0 Å². The van der Waals surface area contributed by atoms with Crippen molar-refractivity contribution in [1.82, 2.24) is 14.7 Å². The van der Waals surface area contributed by atoms with Crippen molar-refractivity contribution in [2.45, 2.75) is 25.7 Å². The van der Waals surface area contributed by atoms with Crippen molar-refractivity contribution in [2.24, 2.45) is 7.05 Å². The molecule has 0 N–H and O–H groups in total. The van der Waals surface area contributed by atoms with E-state index in [1.54, 1.807) is 4.68 Å². The fourth-order valence-electron chi connectivity index (χ4n) is 3.15. The number of carbonyl (C=O) groups excluding carboxylic acids is 1. The second kappa shape index (κ2) is 6.13. The number of carbonyl (C=O) groups is 1. The van der Waals surface area contributed by atoms with E-state index in [9.17, 15) is 4.79 Å². The van der Waals surface area contributed by atoms with Crippen LogP contribution in [-0.2, 0) is 7.05 Å². The molecule has 0 saturated carbocycles. The minimum atomic E-state index is 0.0873. The van der Waals surface area contributed by atoms with Crippen LogP contribution in [0.3, 0.4) is 0 Å². The van der Waals surface area contributed by atoms with Gasteiger partial charge in [-0.1, -0.05) is 23.7 Å². The maximum Gasteiger partial charge on any atom is 0.257 e. The SMILES string of the molecule is Cc1nn(C)cc1C(=O)N1CCCC(c2ccc(Cl)cc2)C1. The summed E-state index contributed by atoms with van der Waals surface area (Å²) in [5, 5.41) is 5.02. The Morgan fingerprint density at radius 3 is 2.68 bits per heavy atom. The molecule has 1 aromatic carbocycles. The van der Waals surface area contributed by atoms with E-state index in [-0.39, 0.29) is 5.91 Å². The van der Waals surface area contributed by atoms with E-state index in [0.717, 1.165) is 36.6 Å². The zero-order valence-electron chi connectivity index (χ0n) is 12.9. The van der Waals surface area contributed by atoms with E-state index in [4.69, 9.17) is 11.6 Å². The summed E-state index contributed by atoms with van der Waals surface area (Å²) in [4.78, 5) is 14.7. The molecule has 1 aliphatic rings. The Kier molecular flexibility index (Phi) is 4.21. The van der Waals surface area contributed by atoms with E-state index in [2.05, 4.69) is 17.2 Å². The Hall–Kier alpha value is -1.81. The zero-order chi connectivity index (χ0) is 15.7. The largest absolute Gasteiger partial charge is 0.338 e. The van der Waals surface area contributed by atoms with Gasteiger partial charge in [0.2, 0.25) is 0 Å². The fraction of sp³-hybridized carbons (Fsp3) is 0.412. The van der Waals surface area contributed by atoms with E-state index in [1.165, 1.54) is 5.56 Å². The lowest BCUT2D eigenvalue weighted by Crippen LogP contribution is -2.39. The zero-order valence-corrected chi connectivity index (χ0v) is 13.7. The first-order chi connectivity index (χ1) is 10.5. The minimum Gasteiger partial charge on any atom is -0.338 e. The third-order valence-electron chi connectivity index (χ3n) is 4.29. The van der Waals surface area contributed by atoms with Gasteiger partial charge in [-0.2, -0.15) is 5.10 Å². The molecule has 1 fully saturated rings. The van der Waals surface area contributed by atoms with Crippen LogP contribution in [-0.4, -0.2) is 33.7 Å². The van der Waals surface area contributed by atoms with Gasteiger partial charge in [-0.25, -0.2) is 0 Å². The molecule has 5 heteroatoms. The van der Waals surface area contributed by atoms with Gasteiger partial charge in [0, 0.05) is 37.3 Å². The highest BCUT2D eigenvalue weighted by Crippen LogP contribution is 2.28. The van der Waals surface area contributed by atoms with Crippen molar-refractivity contribution in [1.29, 1.82) is 0 Å². The smallest absolute Gasteiger partial charge is 0.257 e. The number of benzene rings is 1. The van der Waals surface area contributed by atoms with Crippen LogP contribution in [0.5, 0.6) is 0 Å². The van der Waals surface area contributed by atoms with Gasteiger partial charge < -0.3 is 4.90 Å². The highest BCUT2D eigenvalue weighted by atomic mass is 35.5. The van der Waals surface area contributed by atoms with Gasteiger partial charge in [-0.3, -0.25) is 9.48 Å². The van der Waals surface area contributed by atoms with Crippen LogP contribution in [0.25, 0.3) is 0 Å². The molecule has 1 aromatic heterocycles. The Bertz CT molecular complexity index is 678. The third kappa shape index (κ3) is 3.02. The quantitative estimate of drug-likeness (QED) is 0.851. The predicted molar refractivity (Wildman–Crippen MR) is 87.3 cm³/mol. The molecule has 22 heavy (non-hydrogen) atoms. The summed E-state index contributed by atoms with van der Waals surface area (Å²) in [6, 6.07) is 7.97. The molecule has 1 saturated heterocycles. The first kappa shape index (κ1) is 15.1. The van der Waals surface area contributed by atoms with Crippen molar-refractivity contribution < 1.29 is 4.79 Å². The number of amides is 1. The molecule has 1 atom stereocenters. The van der Waals surface area contributed by atoms with Crippen molar-refractivity contribution in [3.05, 3.63) is 52.3 Å². The Balaban J connectivity index is 1.76. The van der Waals surface area contributed by atoms with Gasteiger partial charge in [0.25, 0.3) is 5.91 Å². The third-order valence-corrected chi connectivity index (χ3v) is 4.55. The lowest BCUT2D eigenvalue weighted by atomic mass is 9.90. The average Bonchev–Trinajstić information content (AvgIpc) is 2.86. The van der Waals surface area contributed by atoms with E-state index in [1.807, 2.05) is 37.2 Å². The second-order valence-corrected chi connectivity index (χ2v) is 6.38. The van der Waals surface area contributed by atoms with Crippen LogP contribution in [0.15, 0.2) is 30.5 Å². The van der Waals surface area contributed by atoms with Crippen LogP contribution in [0.1, 0.15) is 40.4 Å². The molecule has 3 rings (SSSR count). The van der Waals surface area contributed by atoms with Crippen LogP contribution in [0, 0.1) is 6.92 Å². The van der Waals surface area contributed by atoms with Gasteiger partial charge >= 0.3 is 0 Å². The monoisotopic (exact) mass is 317 g/mol. The number of piperidine rings is 1. The van der Waals surface area contributed by atoms with Crippen LogP contribution in [0.2, 0.25) is 5.02 Å². The lowest BCUT2D eigenvalue weighted by Gasteiger charge is -2.33. The predicted octanol–water partition coefficient (Wildman–Crippen LogP) is 3.40. The highest BCUT2D eigenvalue weighted by molar-refractivity contribution is 6.30. The molecule has 0 radical (unpaired) electrons. The lowest BCUT2D eigenvalue weighted by molar-refractivity contribution is 0.0706. The van der Waals surface area contributed by atoms with Gasteiger partial charge in [-0.15, -0.1) is 0 Å². The van der Waals surface area contributed by atoms with E-state index in [0.29, 0.717) is 11.5 Å². The number of aryl methyl sites for hydroxylation is 2. The second-order valence-electron chi connectivity index (χ2n) is 5.94. The maximum atomic E-state index is 12.7. The molecule has 2 heterocycles. The summed E-state index contributed by atoms with van der Waals surface area (Å²) < 4.78 is 1.70. The molecule has 4 nitrogen and oxygen atoms in total.